The third kappa shape index (κ3) is 4.10. The quantitative estimate of drug-likeness (QED) is 0.831. The highest BCUT2D eigenvalue weighted by molar-refractivity contribution is 5.83. The molecule has 126 valence electrons. The maximum absolute atomic E-state index is 13.0. The average Bonchev–Trinajstić information content (AvgIpc) is 2.57. The highest BCUT2D eigenvalue weighted by Gasteiger charge is 2.32. The molecule has 0 spiro atoms. The number of carbonyl (C=O) groups is 2. The van der Waals surface area contributed by atoms with Gasteiger partial charge in [-0.2, -0.15) is 0 Å². The van der Waals surface area contributed by atoms with Gasteiger partial charge in [0.25, 0.3) is 0 Å². The summed E-state index contributed by atoms with van der Waals surface area (Å²) in [5.41, 5.74) is 1.03. The minimum Gasteiger partial charge on any atom is -0.342 e. The average molecular weight is 317 g/mol. The molecule has 0 N–H and O–H groups in total. The van der Waals surface area contributed by atoms with Crippen LogP contribution in [0.3, 0.4) is 0 Å². The van der Waals surface area contributed by atoms with Crippen molar-refractivity contribution in [2.45, 2.75) is 26.8 Å². The Kier molecular flexibility index (Phi) is 6.16. The van der Waals surface area contributed by atoms with Gasteiger partial charge in [0, 0.05) is 46.2 Å². The summed E-state index contributed by atoms with van der Waals surface area (Å²) in [7, 11) is 0. The predicted molar refractivity (Wildman–Crippen MR) is 90.9 cm³/mol. The Morgan fingerprint density at radius 2 is 1.61 bits per heavy atom. The lowest BCUT2D eigenvalue weighted by molar-refractivity contribution is -0.139. The van der Waals surface area contributed by atoms with Crippen molar-refractivity contribution in [3.63, 3.8) is 0 Å². The molecule has 0 saturated carbocycles. The van der Waals surface area contributed by atoms with Crippen molar-refractivity contribution in [3.05, 3.63) is 35.9 Å². The van der Waals surface area contributed by atoms with Crippen LogP contribution in [0.4, 0.5) is 0 Å². The van der Waals surface area contributed by atoms with E-state index in [1.165, 1.54) is 0 Å². The fourth-order valence-electron chi connectivity index (χ4n) is 3.15. The molecular weight excluding hydrogens is 290 g/mol. The van der Waals surface area contributed by atoms with Crippen molar-refractivity contribution in [2.24, 2.45) is 0 Å². The van der Waals surface area contributed by atoms with Gasteiger partial charge in [-0.15, -0.1) is 0 Å². The standard InChI is InChI=1S/C18H27N3O2/c1-4-19(5-2)18(23)17(16-9-7-6-8-10-16)21-13-11-20(12-14-21)15(3)22/h6-10,17H,4-5,11-14H2,1-3H3. The molecule has 1 heterocycles. The predicted octanol–water partition coefficient (Wildman–Crippen LogP) is 1.76. The number of likely N-dealkylation sites (N-methyl/N-ethyl adjacent to an activating group) is 1. The molecule has 0 aromatic heterocycles. The Hall–Kier alpha value is -1.88. The Morgan fingerprint density at radius 1 is 1.04 bits per heavy atom. The minimum absolute atomic E-state index is 0.107. The van der Waals surface area contributed by atoms with Gasteiger partial charge in [0.15, 0.2) is 0 Å². The molecule has 1 aliphatic rings. The lowest BCUT2D eigenvalue weighted by Crippen LogP contribution is -2.52. The second-order valence-corrected chi connectivity index (χ2v) is 5.87. The monoisotopic (exact) mass is 317 g/mol. The molecule has 1 aromatic rings. The summed E-state index contributed by atoms with van der Waals surface area (Å²) in [6, 6.07) is 9.70. The first-order chi connectivity index (χ1) is 11.1. The highest BCUT2D eigenvalue weighted by atomic mass is 16.2. The van der Waals surface area contributed by atoms with Gasteiger partial charge in [-0.1, -0.05) is 30.3 Å². The maximum atomic E-state index is 13.0. The summed E-state index contributed by atoms with van der Waals surface area (Å²) in [5.74, 6) is 0.258. The van der Waals surface area contributed by atoms with Gasteiger partial charge in [0.2, 0.25) is 11.8 Å². The fourth-order valence-corrected chi connectivity index (χ4v) is 3.15. The Bertz CT molecular complexity index is 520. The van der Waals surface area contributed by atoms with Gasteiger partial charge < -0.3 is 9.80 Å². The molecule has 0 bridgehead atoms. The molecule has 1 saturated heterocycles. The van der Waals surface area contributed by atoms with Crippen LogP contribution in [0.5, 0.6) is 0 Å². The molecule has 23 heavy (non-hydrogen) atoms. The van der Waals surface area contributed by atoms with E-state index in [4.69, 9.17) is 0 Å². The van der Waals surface area contributed by atoms with E-state index in [1.54, 1.807) is 6.92 Å². The van der Waals surface area contributed by atoms with Gasteiger partial charge in [0.05, 0.1) is 0 Å². The highest BCUT2D eigenvalue weighted by Crippen LogP contribution is 2.24. The second kappa shape index (κ2) is 8.11. The molecular formula is C18H27N3O2. The summed E-state index contributed by atoms with van der Waals surface area (Å²) in [6.45, 7) is 9.88. The maximum Gasteiger partial charge on any atom is 0.244 e. The molecule has 2 rings (SSSR count). The van der Waals surface area contributed by atoms with Crippen LogP contribution in [0.15, 0.2) is 30.3 Å². The van der Waals surface area contributed by atoms with Crippen LogP contribution >= 0.6 is 0 Å². The van der Waals surface area contributed by atoms with Gasteiger partial charge in [-0.05, 0) is 19.4 Å². The molecule has 2 amide bonds. The zero-order chi connectivity index (χ0) is 16.8. The van der Waals surface area contributed by atoms with Crippen LogP contribution in [0.1, 0.15) is 32.4 Å². The van der Waals surface area contributed by atoms with Crippen molar-refractivity contribution in [2.75, 3.05) is 39.3 Å². The van der Waals surface area contributed by atoms with Gasteiger partial charge in [0.1, 0.15) is 6.04 Å². The number of carbonyl (C=O) groups excluding carboxylic acids is 2. The number of hydrogen-bond donors (Lipinski definition) is 0. The van der Waals surface area contributed by atoms with Gasteiger partial charge in [-0.25, -0.2) is 0 Å². The topological polar surface area (TPSA) is 43.9 Å². The molecule has 1 fully saturated rings. The smallest absolute Gasteiger partial charge is 0.244 e. The van der Waals surface area contributed by atoms with Crippen LogP contribution in [0.2, 0.25) is 0 Å². The van der Waals surface area contributed by atoms with E-state index in [9.17, 15) is 9.59 Å². The third-order valence-electron chi connectivity index (χ3n) is 4.55. The lowest BCUT2D eigenvalue weighted by Gasteiger charge is -2.40. The zero-order valence-electron chi connectivity index (χ0n) is 14.4. The molecule has 0 radical (unpaired) electrons. The second-order valence-electron chi connectivity index (χ2n) is 5.87. The molecule has 1 aliphatic heterocycles. The van der Waals surface area contributed by atoms with Crippen LogP contribution < -0.4 is 0 Å². The summed E-state index contributed by atoms with van der Waals surface area (Å²) in [6.07, 6.45) is 0. The third-order valence-corrected chi connectivity index (χ3v) is 4.55. The van der Waals surface area contributed by atoms with E-state index in [-0.39, 0.29) is 17.9 Å². The molecule has 1 atom stereocenters. The SMILES string of the molecule is CCN(CC)C(=O)C(c1ccccc1)N1CCN(C(C)=O)CC1. The summed E-state index contributed by atoms with van der Waals surface area (Å²) in [4.78, 5) is 30.5. The van der Waals surface area contributed by atoms with E-state index in [2.05, 4.69) is 4.90 Å². The van der Waals surface area contributed by atoms with Gasteiger partial charge >= 0.3 is 0 Å². The Morgan fingerprint density at radius 3 is 2.09 bits per heavy atom. The molecule has 0 aliphatic carbocycles. The zero-order valence-corrected chi connectivity index (χ0v) is 14.4. The first-order valence-corrected chi connectivity index (χ1v) is 8.41. The summed E-state index contributed by atoms with van der Waals surface area (Å²) < 4.78 is 0. The van der Waals surface area contributed by atoms with Crippen LogP contribution in [0, 0.1) is 0 Å². The number of benzene rings is 1. The molecule has 1 aromatic carbocycles. The fraction of sp³-hybridized carbons (Fsp3) is 0.556. The minimum atomic E-state index is -0.259. The van der Waals surface area contributed by atoms with Crippen molar-refractivity contribution in [3.8, 4) is 0 Å². The van der Waals surface area contributed by atoms with Crippen LogP contribution in [0.25, 0.3) is 0 Å². The van der Waals surface area contributed by atoms with Crippen molar-refractivity contribution in [1.29, 1.82) is 0 Å². The lowest BCUT2D eigenvalue weighted by atomic mass is 10.0. The number of nitrogens with zero attached hydrogens (tertiary/aromatic N) is 3. The Labute approximate surface area is 138 Å². The van der Waals surface area contributed by atoms with E-state index in [0.717, 1.165) is 18.7 Å². The van der Waals surface area contributed by atoms with E-state index >= 15 is 0 Å². The molecule has 5 heteroatoms. The van der Waals surface area contributed by atoms with Crippen LogP contribution in [-0.2, 0) is 9.59 Å². The van der Waals surface area contributed by atoms with Gasteiger partial charge in [-0.3, -0.25) is 14.5 Å². The summed E-state index contributed by atoms with van der Waals surface area (Å²) >= 11 is 0. The number of amides is 2. The van der Waals surface area contributed by atoms with Crippen molar-refractivity contribution in [1.82, 2.24) is 14.7 Å². The normalized spacial score (nSPS) is 16.9. The molecule has 5 nitrogen and oxygen atoms in total. The first kappa shape index (κ1) is 17.5. The molecule has 1 unspecified atom stereocenters. The largest absolute Gasteiger partial charge is 0.342 e. The number of piperazine rings is 1. The number of hydrogen-bond acceptors (Lipinski definition) is 3. The van der Waals surface area contributed by atoms with Crippen molar-refractivity contribution >= 4 is 11.8 Å². The Balaban J connectivity index is 2.21. The summed E-state index contributed by atoms with van der Waals surface area (Å²) in [5, 5.41) is 0. The van der Waals surface area contributed by atoms with E-state index in [0.29, 0.717) is 26.2 Å². The van der Waals surface area contributed by atoms with E-state index in [1.807, 2.05) is 54.0 Å². The van der Waals surface area contributed by atoms with Crippen molar-refractivity contribution < 1.29 is 9.59 Å². The van der Waals surface area contributed by atoms with Crippen LogP contribution in [-0.4, -0.2) is 65.8 Å². The van der Waals surface area contributed by atoms with E-state index < -0.39 is 0 Å². The number of rotatable bonds is 5. The first-order valence-electron chi connectivity index (χ1n) is 8.41.